The Balaban J connectivity index is 1.65. The summed E-state index contributed by atoms with van der Waals surface area (Å²) in [5.74, 6) is -0.300. The van der Waals surface area contributed by atoms with Gasteiger partial charge in [0.2, 0.25) is 15.9 Å². The Bertz CT molecular complexity index is 879. The molecule has 0 heterocycles. The van der Waals surface area contributed by atoms with Gasteiger partial charge in [-0.25, -0.2) is 17.9 Å². The van der Waals surface area contributed by atoms with Gasteiger partial charge in [-0.2, -0.15) is 0 Å². The quantitative estimate of drug-likeness (QED) is 0.708. The van der Waals surface area contributed by atoms with E-state index in [2.05, 4.69) is 16.1 Å². The van der Waals surface area contributed by atoms with Crippen molar-refractivity contribution in [3.05, 3.63) is 28.3 Å². The summed E-state index contributed by atoms with van der Waals surface area (Å²) in [5.41, 5.74) is 5.70. The van der Waals surface area contributed by atoms with Crippen molar-refractivity contribution < 1.29 is 18.0 Å². The highest BCUT2D eigenvalue weighted by molar-refractivity contribution is 7.90. The van der Waals surface area contributed by atoms with Crippen molar-refractivity contribution in [2.24, 2.45) is 0 Å². The number of benzene rings is 1. The van der Waals surface area contributed by atoms with E-state index in [-0.39, 0.29) is 24.1 Å². The topological polar surface area (TPSA) is 95.6 Å². The number of aryl methyl sites for hydroxylation is 2. The SMILES string of the molecule is CCN(C(C)=O)C(C)CCS(=O)(=O)NC(=O)Nc1c2c(cc3c1CCC3)CCC2. The smallest absolute Gasteiger partial charge is 0.332 e. The zero-order valence-corrected chi connectivity index (χ0v) is 18.3. The second-order valence-electron chi connectivity index (χ2n) is 8.05. The molecule has 0 radical (unpaired) electrons. The molecule has 2 aliphatic carbocycles. The van der Waals surface area contributed by atoms with Crippen molar-refractivity contribution in [3.8, 4) is 0 Å². The predicted octanol–water partition coefficient (Wildman–Crippen LogP) is 2.76. The van der Waals surface area contributed by atoms with Crippen molar-refractivity contribution >= 4 is 27.6 Å². The summed E-state index contributed by atoms with van der Waals surface area (Å²) < 4.78 is 27.0. The van der Waals surface area contributed by atoms with Crippen molar-refractivity contribution in [1.29, 1.82) is 0 Å². The zero-order valence-electron chi connectivity index (χ0n) is 17.5. The first kappa shape index (κ1) is 21.6. The largest absolute Gasteiger partial charge is 0.340 e. The highest BCUT2D eigenvalue weighted by Crippen LogP contribution is 2.38. The molecule has 7 nitrogen and oxygen atoms in total. The van der Waals surface area contributed by atoms with E-state index in [0.29, 0.717) is 6.54 Å². The van der Waals surface area contributed by atoms with Gasteiger partial charge in [-0.15, -0.1) is 0 Å². The number of anilines is 1. The molecule has 3 amide bonds. The molecule has 3 rings (SSSR count). The maximum Gasteiger partial charge on any atom is 0.332 e. The molecule has 160 valence electrons. The number of hydrogen-bond donors (Lipinski definition) is 2. The maximum atomic E-state index is 12.5. The lowest BCUT2D eigenvalue weighted by Crippen LogP contribution is -2.40. The van der Waals surface area contributed by atoms with Gasteiger partial charge in [0.25, 0.3) is 0 Å². The van der Waals surface area contributed by atoms with Crippen LogP contribution in [-0.4, -0.2) is 43.6 Å². The van der Waals surface area contributed by atoms with Crippen LogP contribution in [0.15, 0.2) is 6.07 Å². The van der Waals surface area contributed by atoms with Crippen molar-refractivity contribution in [3.63, 3.8) is 0 Å². The first-order chi connectivity index (χ1) is 13.7. The molecule has 0 bridgehead atoms. The van der Waals surface area contributed by atoms with Crippen LogP contribution in [0.3, 0.4) is 0 Å². The summed E-state index contributed by atoms with van der Waals surface area (Å²) in [6, 6.07) is 1.35. The van der Waals surface area contributed by atoms with Crippen molar-refractivity contribution in [1.82, 2.24) is 9.62 Å². The Labute approximate surface area is 173 Å². The predicted molar refractivity (Wildman–Crippen MR) is 114 cm³/mol. The molecule has 1 unspecified atom stereocenters. The highest BCUT2D eigenvalue weighted by atomic mass is 32.2. The molecule has 0 saturated heterocycles. The maximum absolute atomic E-state index is 12.5. The van der Waals surface area contributed by atoms with Gasteiger partial charge in [0.15, 0.2) is 0 Å². The van der Waals surface area contributed by atoms with Gasteiger partial charge in [0.1, 0.15) is 0 Å². The van der Waals surface area contributed by atoms with E-state index < -0.39 is 16.1 Å². The number of sulfonamides is 1. The van der Waals surface area contributed by atoms with Crippen LogP contribution < -0.4 is 10.0 Å². The van der Waals surface area contributed by atoms with Gasteiger partial charge < -0.3 is 10.2 Å². The number of nitrogens with one attached hydrogen (secondary N) is 2. The van der Waals surface area contributed by atoms with Gasteiger partial charge in [-0.3, -0.25) is 4.79 Å². The third-order valence-electron chi connectivity index (χ3n) is 6.04. The number of urea groups is 1. The standard InChI is InChI=1S/C21H31N3O4S/c1-4-24(15(3)25)14(2)11-12-29(27,28)23-21(26)22-20-18-9-5-7-16(18)13-17-8-6-10-19(17)20/h13-14H,4-12H2,1-3H3,(H2,22,23,26). The van der Waals surface area contributed by atoms with Crippen LogP contribution >= 0.6 is 0 Å². The fraction of sp³-hybridized carbons (Fsp3) is 0.619. The van der Waals surface area contributed by atoms with Crippen LogP contribution in [-0.2, 0) is 40.5 Å². The lowest BCUT2D eigenvalue weighted by molar-refractivity contribution is -0.130. The second kappa shape index (κ2) is 8.73. The van der Waals surface area contributed by atoms with Crippen LogP contribution in [0.4, 0.5) is 10.5 Å². The number of nitrogens with zero attached hydrogens (tertiary/aromatic N) is 1. The molecule has 0 saturated carbocycles. The van der Waals surface area contributed by atoms with Crippen molar-refractivity contribution in [2.75, 3.05) is 17.6 Å². The average molecular weight is 422 g/mol. The van der Waals surface area contributed by atoms with Gasteiger partial charge in [0, 0.05) is 25.2 Å². The van der Waals surface area contributed by atoms with Gasteiger partial charge in [0.05, 0.1) is 5.75 Å². The molecule has 0 spiro atoms. The van der Waals surface area contributed by atoms with Crippen LogP contribution in [0.1, 0.15) is 62.3 Å². The molecule has 1 aromatic carbocycles. The Morgan fingerprint density at radius 3 is 2.21 bits per heavy atom. The summed E-state index contributed by atoms with van der Waals surface area (Å²) >= 11 is 0. The molecule has 0 aromatic heterocycles. The fourth-order valence-corrected chi connectivity index (χ4v) is 5.71. The van der Waals surface area contributed by atoms with E-state index in [4.69, 9.17) is 0 Å². The van der Waals surface area contributed by atoms with Crippen molar-refractivity contribution in [2.45, 2.75) is 71.8 Å². The first-order valence-electron chi connectivity index (χ1n) is 10.5. The number of carbonyl (C=O) groups excluding carboxylic acids is 2. The summed E-state index contributed by atoms with van der Waals surface area (Å²) in [5, 5.41) is 2.84. The minimum absolute atomic E-state index is 0.0881. The normalized spacial score (nSPS) is 16.1. The van der Waals surface area contributed by atoms with E-state index in [9.17, 15) is 18.0 Å². The fourth-order valence-electron chi connectivity index (χ4n) is 4.62. The summed E-state index contributed by atoms with van der Waals surface area (Å²) in [6.07, 6.45) is 6.26. The van der Waals surface area contributed by atoms with Crippen LogP contribution in [0.25, 0.3) is 0 Å². The van der Waals surface area contributed by atoms with E-state index >= 15 is 0 Å². The number of carbonyl (C=O) groups is 2. The van der Waals surface area contributed by atoms with E-state index in [1.165, 1.54) is 18.1 Å². The first-order valence-corrected chi connectivity index (χ1v) is 12.1. The molecule has 1 aromatic rings. The van der Waals surface area contributed by atoms with Gasteiger partial charge >= 0.3 is 6.03 Å². The highest BCUT2D eigenvalue weighted by Gasteiger charge is 2.26. The molecule has 0 aliphatic heterocycles. The summed E-state index contributed by atoms with van der Waals surface area (Å²) in [6.45, 7) is 5.66. The lowest BCUT2D eigenvalue weighted by atomic mass is 9.99. The van der Waals surface area contributed by atoms with E-state index in [1.54, 1.807) is 4.90 Å². The number of fused-ring (bicyclic) bond motifs is 2. The third-order valence-corrected chi connectivity index (χ3v) is 7.31. The van der Waals surface area contributed by atoms with Gasteiger partial charge in [-0.05, 0) is 81.0 Å². The number of hydrogen-bond acceptors (Lipinski definition) is 4. The minimum atomic E-state index is -3.79. The molecule has 29 heavy (non-hydrogen) atoms. The van der Waals surface area contributed by atoms with Crippen LogP contribution in [0, 0.1) is 0 Å². The molecule has 8 heteroatoms. The summed E-state index contributed by atoms with van der Waals surface area (Å²) in [7, 11) is -3.79. The van der Waals surface area contributed by atoms with Crippen LogP contribution in [0.2, 0.25) is 0 Å². The second-order valence-corrected chi connectivity index (χ2v) is 9.89. The molecular weight excluding hydrogens is 390 g/mol. The third kappa shape index (κ3) is 4.91. The van der Waals surface area contributed by atoms with Gasteiger partial charge in [-0.1, -0.05) is 6.07 Å². The monoisotopic (exact) mass is 421 g/mol. The van der Waals surface area contributed by atoms with Crippen LogP contribution in [0.5, 0.6) is 0 Å². The molecule has 2 N–H and O–H groups in total. The molecular formula is C21H31N3O4S. The number of amides is 3. The summed E-state index contributed by atoms with van der Waals surface area (Å²) in [4.78, 5) is 25.7. The Kier molecular flexibility index (Phi) is 6.51. The Morgan fingerprint density at radius 1 is 1.10 bits per heavy atom. The Hall–Kier alpha value is -2.09. The van der Waals surface area contributed by atoms with E-state index in [0.717, 1.165) is 55.3 Å². The molecule has 1 atom stereocenters. The van der Waals surface area contributed by atoms with E-state index in [1.807, 2.05) is 13.8 Å². The zero-order chi connectivity index (χ0) is 21.2. The lowest BCUT2D eigenvalue weighted by Gasteiger charge is -2.26. The molecule has 2 aliphatic rings. The average Bonchev–Trinajstić information content (AvgIpc) is 3.28. The molecule has 0 fully saturated rings. The minimum Gasteiger partial charge on any atom is -0.340 e. The number of rotatable bonds is 7. The Morgan fingerprint density at radius 2 is 1.69 bits per heavy atom.